The molecule has 0 radical (unpaired) electrons. The number of rotatable bonds is 9. The van der Waals surface area contributed by atoms with Crippen LogP contribution < -0.4 is 14.2 Å². The molecule has 0 atom stereocenters. The molecule has 1 N–H and O–H groups in total. The number of hydrogen-bond acceptors (Lipinski definition) is 5. The Balaban J connectivity index is 2.11. The van der Waals surface area contributed by atoms with Crippen molar-refractivity contribution in [1.82, 2.24) is 0 Å². The summed E-state index contributed by atoms with van der Waals surface area (Å²) in [5.74, 6) is 0.830. The fourth-order valence-corrected chi connectivity index (χ4v) is 2.58. The van der Waals surface area contributed by atoms with Crippen molar-refractivity contribution in [3.63, 3.8) is 0 Å². The van der Waals surface area contributed by atoms with E-state index in [0.29, 0.717) is 29.6 Å². The van der Waals surface area contributed by atoms with Crippen molar-refractivity contribution < 1.29 is 24.1 Å². The maximum absolute atomic E-state index is 11.1. The minimum atomic E-state index is -1.29. The molecule has 0 fully saturated rings. The summed E-state index contributed by atoms with van der Waals surface area (Å²) in [5.41, 5.74) is 1.21. The fourth-order valence-electron chi connectivity index (χ4n) is 2.58. The second-order valence-electron chi connectivity index (χ2n) is 6.27. The molecule has 0 amide bonds. The van der Waals surface area contributed by atoms with E-state index in [2.05, 4.69) is 13.8 Å². The summed E-state index contributed by atoms with van der Waals surface area (Å²) in [4.78, 5) is 11.1. The van der Waals surface area contributed by atoms with E-state index in [1.165, 1.54) is 13.2 Å². The average molecular weight is 381 g/mol. The monoisotopic (exact) mass is 381 g/mol. The molecule has 0 saturated carbocycles. The molecule has 28 heavy (non-hydrogen) atoms. The number of nitrogens with zero attached hydrogens (tertiary/aromatic N) is 1. The Bertz CT molecular complexity index is 896. The van der Waals surface area contributed by atoms with Crippen LogP contribution in [0.3, 0.4) is 0 Å². The lowest BCUT2D eigenvalue weighted by atomic mass is 10.0. The molecule has 0 aliphatic carbocycles. The van der Waals surface area contributed by atoms with Gasteiger partial charge in [-0.3, -0.25) is 0 Å². The van der Waals surface area contributed by atoms with Crippen molar-refractivity contribution in [1.29, 1.82) is 5.26 Å². The number of carboxylic acids is 1. The first-order valence-corrected chi connectivity index (χ1v) is 8.84. The van der Waals surface area contributed by atoms with Crippen molar-refractivity contribution in [2.75, 3.05) is 20.3 Å². The Hall–Kier alpha value is -3.46. The Labute approximate surface area is 164 Å². The molecule has 2 rings (SSSR count). The van der Waals surface area contributed by atoms with Gasteiger partial charge in [0.15, 0.2) is 0 Å². The highest BCUT2D eigenvalue weighted by molar-refractivity contribution is 5.96. The molecule has 0 spiro atoms. The highest BCUT2D eigenvalue weighted by Crippen LogP contribution is 2.28. The van der Waals surface area contributed by atoms with Gasteiger partial charge in [0.25, 0.3) is 0 Å². The van der Waals surface area contributed by atoms with Crippen LogP contribution in [0.25, 0.3) is 6.08 Å². The molecule has 146 valence electrons. The number of carbonyl (C=O) groups is 1. The summed E-state index contributed by atoms with van der Waals surface area (Å²) in [7, 11) is 1.53. The van der Waals surface area contributed by atoms with E-state index in [1.54, 1.807) is 24.3 Å². The molecule has 6 heteroatoms. The first kappa shape index (κ1) is 20.8. The van der Waals surface area contributed by atoms with E-state index < -0.39 is 5.97 Å². The van der Waals surface area contributed by atoms with Crippen LogP contribution in [-0.4, -0.2) is 31.4 Å². The lowest BCUT2D eigenvalue weighted by Gasteiger charge is -2.15. The Morgan fingerprint density at radius 1 is 1.14 bits per heavy atom. The Morgan fingerprint density at radius 2 is 1.82 bits per heavy atom. The zero-order valence-electron chi connectivity index (χ0n) is 16.1. The van der Waals surface area contributed by atoms with E-state index in [0.717, 1.165) is 11.3 Å². The van der Waals surface area contributed by atoms with E-state index in [4.69, 9.17) is 24.6 Å². The normalized spacial score (nSPS) is 11.0. The maximum Gasteiger partial charge on any atom is 0.346 e. The third kappa shape index (κ3) is 5.52. The summed E-state index contributed by atoms with van der Waals surface area (Å²) in [6.45, 7) is 4.76. The number of aliphatic carboxylic acids is 1. The summed E-state index contributed by atoms with van der Waals surface area (Å²) in [6.07, 6.45) is 1.27. The smallest absolute Gasteiger partial charge is 0.346 e. The van der Waals surface area contributed by atoms with E-state index >= 15 is 0 Å². The van der Waals surface area contributed by atoms with Gasteiger partial charge < -0.3 is 19.3 Å². The molecule has 0 saturated heterocycles. The lowest BCUT2D eigenvalue weighted by molar-refractivity contribution is -0.132. The zero-order valence-corrected chi connectivity index (χ0v) is 16.1. The third-order valence-corrected chi connectivity index (χ3v) is 4.01. The summed E-state index contributed by atoms with van der Waals surface area (Å²) in [6, 6.07) is 14.5. The number of nitriles is 1. The van der Waals surface area contributed by atoms with E-state index in [1.807, 2.05) is 24.3 Å². The summed E-state index contributed by atoms with van der Waals surface area (Å²) < 4.78 is 16.8. The van der Waals surface area contributed by atoms with Crippen LogP contribution >= 0.6 is 0 Å². The minimum absolute atomic E-state index is 0.245. The minimum Gasteiger partial charge on any atom is -0.497 e. The molecular formula is C22H23NO5. The quantitative estimate of drug-likeness (QED) is 0.396. The van der Waals surface area contributed by atoms with Gasteiger partial charge in [0.1, 0.15) is 42.1 Å². The first-order chi connectivity index (χ1) is 13.5. The molecule has 0 heterocycles. The van der Waals surface area contributed by atoms with Gasteiger partial charge in [-0.25, -0.2) is 4.79 Å². The van der Waals surface area contributed by atoms with Crippen molar-refractivity contribution in [2.45, 2.75) is 19.8 Å². The largest absolute Gasteiger partial charge is 0.497 e. The zero-order chi connectivity index (χ0) is 20.5. The van der Waals surface area contributed by atoms with E-state index in [9.17, 15) is 4.79 Å². The fraction of sp³-hybridized carbons (Fsp3) is 0.273. The second-order valence-corrected chi connectivity index (χ2v) is 6.27. The molecule has 0 bridgehead atoms. The molecule has 2 aromatic carbocycles. The van der Waals surface area contributed by atoms with Crippen molar-refractivity contribution in [3.05, 3.63) is 59.2 Å². The molecule has 6 nitrogen and oxygen atoms in total. The van der Waals surface area contributed by atoms with Gasteiger partial charge in [-0.2, -0.15) is 5.26 Å². The maximum atomic E-state index is 11.1. The molecule has 0 aliphatic heterocycles. The molecular weight excluding hydrogens is 358 g/mol. The van der Waals surface area contributed by atoms with Crippen molar-refractivity contribution >= 4 is 12.0 Å². The van der Waals surface area contributed by atoms with Gasteiger partial charge in [-0.05, 0) is 35.8 Å². The number of hydrogen-bond donors (Lipinski definition) is 1. The van der Waals surface area contributed by atoms with Gasteiger partial charge in [-0.1, -0.05) is 32.0 Å². The summed E-state index contributed by atoms with van der Waals surface area (Å²) in [5, 5.41) is 18.0. The van der Waals surface area contributed by atoms with Crippen LogP contribution in [-0.2, 0) is 4.79 Å². The Morgan fingerprint density at radius 3 is 2.43 bits per heavy atom. The van der Waals surface area contributed by atoms with Crippen molar-refractivity contribution in [3.8, 4) is 23.3 Å². The number of para-hydroxylation sites is 1. The van der Waals surface area contributed by atoms with Crippen LogP contribution in [0.5, 0.6) is 17.2 Å². The predicted molar refractivity (Wildman–Crippen MR) is 106 cm³/mol. The lowest BCUT2D eigenvalue weighted by Crippen LogP contribution is -2.11. The van der Waals surface area contributed by atoms with E-state index in [-0.39, 0.29) is 12.2 Å². The number of methoxy groups -OCH3 is 1. The number of carboxylic acid groups (broad SMARTS) is 1. The SMILES string of the molecule is COc1ccc(C=C(C#N)C(=O)O)c(OCCOc2ccccc2C(C)C)c1. The predicted octanol–water partition coefficient (Wildman–Crippen LogP) is 4.27. The third-order valence-electron chi connectivity index (χ3n) is 4.01. The number of ether oxygens (including phenoxy) is 3. The van der Waals surface area contributed by atoms with Crippen LogP contribution in [0.15, 0.2) is 48.0 Å². The average Bonchev–Trinajstić information content (AvgIpc) is 2.69. The highest BCUT2D eigenvalue weighted by Gasteiger charge is 2.11. The van der Waals surface area contributed by atoms with Gasteiger partial charge in [0.2, 0.25) is 0 Å². The van der Waals surface area contributed by atoms with Crippen LogP contribution in [0.1, 0.15) is 30.9 Å². The van der Waals surface area contributed by atoms with Crippen LogP contribution in [0.4, 0.5) is 0 Å². The van der Waals surface area contributed by atoms with Gasteiger partial charge >= 0.3 is 5.97 Å². The van der Waals surface area contributed by atoms with Crippen LogP contribution in [0, 0.1) is 11.3 Å². The first-order valence-electron chi connectivity index (χ1n) is 8.84. The topological polar surface area (TPSA) is 88.8 Å². The number of benzene rings is 2. The van der Waals surface area contributed by atoms with Crippen molar-refractivity contribution in [2.24, 2.45) is 0 Å². The standard InChI is InChI=1S/C22H23NO5/c1-15(2)19-6-4-5-7-20(19)27-10-11-28-21-13-18(26-3)9-8-16(21)12-17(14-23)22(24)25/h4-9,12-13,15H,10-11H2,1-3H3,(H,24,25). The van der Waals surface area contributed by atoms with Gasteiger partial charge in [0, 0.05) is 11.6 Å². The molecule has 0 unspecified atom stereocenters. The van der Waals surface area contributed by atoms with Gasteiger partial charge in [0.05, 0.1) is 7.11 Å². The summed E-state index contributed by atoms with van der Waals surface area (Å²) >= 11 is 0. The Kier molecular flexibility index (Phi) is 7.46. The van der Waals surface area contributed by atoms with Gasteiger partial charge in [-0.15, -0.1) is 0 Å². The highest BCUT2D eigenvalue weighted by atomic mass is 16.5. The molecule has 0 aliphatic rings. The van der Waals surface area contributed by atoms with Crippen LogP contribution in [0.2, 0.25) is 0 Å². The second kappa shape index (κ2) is 10.0. The molecule has 2 aromatic rings. The molecule has 0 aromatic heterocycles.